The van der Waals surface area contributed by atoms with Gasteiger partial charge in [-0.3, -0.25) is 0 Å². The number of hydrogen-bond donors (Lipinski definition) is 0. The summed E-state index contributed by atoms with van der Waals surface area (Å²) in [5.41, 5.74) is 25.9. The van der Waals surface area contributed by atoms with E-state index in [1.54, 1.807) is 0 Å². The summed E-state index contributed by atoms with van der Waals surface area (Å²) in [4.78, 5) is 7.46. The molecule has 0 aliphatic carbocycles. The van der Waals surface area contributed by atoms with Gasteiger partial charge < -0.3 is 19.3 Å². The van der Waals surface area contributed by atoms with Gasteiger partial charge in [0.1, 0.15) is 0 Å². The van der Waals surface area contributed by atoms with Crippen LogP contribution in [-0.2, 0) is 27.1 Å². The first-order chi connectivity index (χ1) is 40.2. The Bertz CT molecular complexity index is 4560. The van der Waals surface area contributed by atoms with Gasteiger partial charge in [-0.25, -0.2) is 0 Å². The number of nitriles is 1. The maximum Gasteiger partial charge on any atom is 0.252 e. The molecule has 0 amide bonds. The molecule has 0 bridgehead atoms. The van der Waals surface area contributed by atoms with Gasteiger partial charge in [-0.2, -0.15) is 5.26 Å². The third-order valence-electron chi connectivity index (χ3n) is 18.6. The molecule has 10 aromatic carbocycles. The van der Waals surface area contributed by atoms with Crippen molar-refractivity contribution in [2.24, 2.45) is 0 Å². The SMILES string of the molecule is CC(C)(C)c1ccc(N(c2ccc(C(C)(C)C)cc2)c2ccc3c(c2)N(c2ccc(-c4ccc5ccccc5c4)cc2)c2cc(C#N)cc4c2B3c2cc(C(C)(C)C)cc3c2N4c2cc(C(C)(C)C)cc4c5cc(C(C)(C)C)ccc5n-3c24)cc1. The van der Waals surface area contributed by atoms with Gasteiger partial charge in [-0.05, 0) is 190 Å². The molecule has 1 aromatic heterocycles. The highest BCUT2D eigenvalue weighted by molar-refractivity contribution is 7.00. The van der Waals surface area contributed by atoms with Crippen LogP contribution < -0.4 is 31.1 Å². The van der Waals surface area contributed by atoms with Crippen LogP contribution in [0.4, 0.5) is 51.2 Å². The molecule has 3 aliphatic heterocycles. The van der Waals surface area contributed by atoms with Crippen LogP contribution in [0.2, 0.25) is 0 Å². The van der Waals surface area contributed by atoms with Crippen molar-refractivity contribution in [3.63, 3.8) is 0 Å². The van der Waals surface area contributed by atoms with Gasteiger partial charge in [0.25, 0.3) is 6.71 Å². The van der Waals surface area contributed by atoms with Crippen LogP contribution in [-0.4, -0.2) is 11.3 Å². The molecule has 0 saturated heterocycles. The molecule has 420 valence electrons. The summed E-state index contributed by atoms with van der Waals surface area (Å²) in [7, 11) is 0. The van der Waals surface area contributed by atoms with E-state index >= 15 is 0 Å². The lowest BCUT2D eigenvalue weighted by Crippen LogP contribution is -2.62. The van der Waals surface area contributed by atoms with Gasteiger partial charge in [0.15, 0.2) is 0 Å². The van der Waals surface area contributed by atoms with Gasteiger partial charge in [0.05, 0.1) is 39.7 Å². The number of aromatic nitrogens is 1. The van der Waals surface area contributed by atoms with E-state index < -0.39 is 0 Å². The Morgan fingerprint density at radius 1 is 0.388 bits per heavy atom. The zero-order valence-corrected chi connectivity index (χ0v) is 52.2. The van der Waals surface area contributed by atoms with Crippen molar-refractivity contribution in [3.8, 4) is 22.9 Å². The molecule has 11 aromatic rings. The molecule has 5 nitrogen and oxygen atoms in total. The second kappa shape index (κ2) is 18.6. The van der Waals surface area contributed by atoms with E-state index in [0.29, 0.717) is 5.56 Å². The Labute approximate surface area is 503 Å². The van der Waals surface area contributed by atoms with E-state index in [0.717, 1.165) is 51.1 Å². The number of nitrogens with zero attached hydrogens (tertiary/aromatic N) is 5. The maximum absolute atomic E-state index is 11.4. The van der Waals surface area contributed by atoms with E-state index in [9.17, 15) is 5.26 Å². The summed E-state index contributed by atoms with van der Waals surface area (Å²) in [6.45, 7) is 34.5. The predicted octanol–water partition coefficient (Wildman–Crippen LogP) is 19.8. The predicted molar refractivity (Wildman–Crippen MR) is 364 cm³/mol. The molecule has 14 rings (SSSR count). The molecular formula is C79H76BN5. The van der Waals surface area contributed by atoms with E-state index in [4.69, 9.17) is 0 Å². The average Bonchev–Trinajstić information content (AvgIpc) is 1.69. The van der Waals surface area contributed by atoms with Crippen molar-refractivity contribution in [1.82, 2.24) is 4.57 Å². The van der Waals surface area contributed by atoms with Crippen molar-refractivity contribution >= 4 is 107 Å². The van der Waals surface area contributed by atoms with Gasteiger partial charge in [0.2, 0.25) is 0 Å². The van der Waals surface area contributed by atoms with E-state index in [1.807, 2.05) is 0 Å². The molecule has 0 saturated carbocycles. The topological polar surface area (TPSA) is 38.4 Å². The van der Waals surface area contributed by atoms with Crippen LogP contribution in [0, 0.1) is 11.3 Å². The summed E-state index contributed by atoms with van der Waals surface area (Å²) >= 11 is 0. The quantitative estimate of drug-likeness (QED) is 0.161. The van der Waals surface area contributed by atoms with Crippen molar-refractivity contribution in [2.75, 3.05) is 14.7 Å². The summed E-state index contributed by atoms with van der Waals surface area (Å²) in [5, 5.41) is 16.4. The third-order valence-corrected chi connectivity index (χ3v) is 18.6. The number of fused-ring (bicyclic) bond motifs is 10. The van der Waals surface area contributed by atoms with Crippen molar-refractivity contribution in [1.29, 1.82) is 5.26 Å². The first-order valence-electron chi connectivity index (χ1n) is 30.5. The molecule has 0 fully saturated rings. The fourth-order valence-corrected chi connectivity index (χ4v) is 13.7. The Hall–Kier alpha value is -8.79. The normalized spacial score (nSPS) is 13.7. The molecule has 6 heteroatoms. The molecular weight excluding hydrogens is 1030 g/mol. The van der Waals surface area contributed by atoms with Crippen LogP contribution >= 0.6 is 0 Å². The molecule has 0 atom stereocenters. The second-order valence-electron chi connectivity index (χ2n) is 29.6. The Kier molecular flexibility index (Phi) is 11.9. The van der Waals surface area contributed by atoms with Gasteiger partial charge >= 0.3 is 0 Å². The lowest BCUT2D eigenvalue weighted by Gasteiger charge is -2.47. The molecule has 3 aliphatic rings. The zero-order chi connectivity index (χ0) is 59.6. The fourth-order valence-electron chi connectivity index (χ4n) is 13.7. The molecule has 85 heavy (non-hydrogen) atoms. The summed E-state index contributed by atoms with van der Waals surface area (Å²) in [6.07, 6.45) is 0. The monoisotopic (exact) mass is 1110 g/mol. The van der Waals surface area contributed by atoms with Crippen LogP contribution in [0.15, 0.2) is 188 Å². The largest absolute Gasteiger partial charge is 0.311 e. The number of benzene rings is 10. The number of rotatable bonds is 5. The number of anilines is 9. The highest BCUT2D eigenvalue weighted by Crippen LogP contribution is 2.55. The van der Waals surface area contributed by atoms with Gasteiger partial charge in [-0.15, -0.1) is 0 Å². The van der Waals surface area contributed by atoms with Crippen LogP contribution in [0.3, 0.4) is 0 Å². The zero-order valence-electron chi connectivity index (χ0n) is 52.2. The second-order valence-corrected chi connectivity index (χ2v) is 29.6. The van der Waals surface area contributed by atoms with Crippen molar-refractivity contribution in [3.05, 3.63) is 221 Å². The van der Waals surface area contributed by atoms with E-state index in [1.165, 1.54) is 93.7 Å². The standard InChI is InChI=1S/C79H76BN5/c1-75(2,3)53-24-31-58(32-25-53)82(59-33-26-54(27-34-59)76(4,5)6)61-35-36-64-67(46-61)83(60-29-22-50(23-30-60)52-21-20-49-18-16-17-19-51(49)40-52)68-38-48(47-81)39-69-72(68)80(64)65-43-57(79(13,14)15)45-71-74(65)85(69)70-44-56(78(10,11)12)42-63-62-41-55(77(7,8)9)28-37-66(62)84(71)73(63)70/h16-46H,1-15H3. The average molecular weight is 1110 g/mol. The highest BCUT2D eigenvalue weighted by atomic mass is 15.2. The first kappa shape index (κ1) is 54.2. The smallest absolute Gasteiger partial charge is 0.252 e. The maximum atomic E-state index is 11.4. The van der Waals surface area contributed by atoms with Crippen LogP contribution in [0.5, 0.6) is 0 Å². The number of hydrogen-bond acceptors (Lipinski definition) is 4. The van der Waals surface area contributed by atoms with Crippen molar-refractivity contribution < 1.29 is 0 Å². The summed E-state index contributed by atoms with van der Waals surface area (Å²) in [6, 6.07) is 74.2. The first-order valence-corrected chi connectivity index (χ1v) is 30.5. The molecule has 0 unspecified atom stereocenters. The lowest BCUT2D eigenvalue weighted by atomic mass is 9.33. The Balaban J connectivity index is 1.08. The lowest BCUT2D eigenvalue weighted by molar-refractivity contribution is 0.590. The minimum Gasteiger partial charge on any atom is -0.311 e. The fraction of sp³-hybridized carbons (Fsp3) is 0.253. The van der Waals surface area contributed by atoms with E-state index in [-0.39, 0.29) is 33.8 Å². The summed E-state index contributed by atoms with van der Waals surface area (Å²) in [5.74, 6) is 0. The van der Waals surface area contributed by atoms with Gasteiger partial charge in [-0.1, -0.05) is 195 Å². The van der Waals surface area contributed by atoms with Crippen LogP contribution in [0.1, 0.15) is 137 Å². The minimum atomic E-state index is -0.190. The molecule has 0 N–H and O–H groups in total. The molecule has 0 radical (unpaired) electrons. The van der Waals surface area contributed by atoms with Crippen molar-refractivity contribution in [2.45, 2.75) is 131 Å². The van der Waals surface area contributed by atoms with Gasteiger partial charge in [0, 0.05) is 50.6 Å². The van der Waals surface area contributed by atoms with E-state index in [2.05, 4.69) is 317 Å². The molecule has 0 spiro atoms. The third kappa shape index (κ3) is 8.70. The Morgan fingerprint density at radius 2 is 0.918 bits per heavy atom. The molecule has 4 heterocycles. The Morgan fingerprint density at radius 3 is 1.52 bits per heavy atom. The summed E-state index contributed by atoms with van der Waals surface area (Å²) < 4.78 is 2.59. The highest BCUT2D eigenvalue weighted by Gasteiger charge is 2.48. The minimum absolute atomic E-state index is 0.00529. The van der Waals surface area contributed by atoms with Crippen LogP contribution in [0.25, 0.3) is 49.4 Å².